The van der Waals surface area contributed by atoms with Gasteiger partial charge in [0.1, 0.15) is 0 Å². The van der Waals surface area contributed by atoms with Gasteiger partial charge in [0, 0.05) is 11.6 Å². The van der Waals surface area contributed by atoms with Gasteiger partial charge >= 0.3 is 5.97 Å². The Kier molecular flexibility index (Phi) is 5.45. The average Bonchev–Trinajstić information content (AvgIpc) is 2.26. The van der Waals surface area contributed by atoms with Gasteiger partial charge in [-0.05, 0) is 11.6 Å². The fourth-order valence-electron chi connectivity index (χ4n) is 1.15. The molecule has 1 rings (SSSR count). The first kappa shape index (κ1) is 13.2. The normalized spacial score (nSPS) is 12.4. The van der Waals surface area contributed by atoms with Gasteiger partial charge in [0.05, 0.1) is 13.2 Å². The number of carboxylic acids is 1. The molecule has 0 amide bonds. The summed E-state index contributed by atoms with van der Waals surface area (Å²) in [6.45, 7) is 0.279. The van der Waals surface area contributed by atoms with Gasteiger partial charge < -0.3 is 14.6 Å². The number of hydrogen-bond donors (Lipinski definition) is 1. The summed E-state index contributed by atoms with van der Waals surface area (Å²) in [5.74, 6) is -1.02. The van der Waals surface area contributed by atoms with Gasteiger partial charge in [-0.1, -0.05) is 34.1 Å². The fourth-order valence-corrected chi connectivity index (χ4v) is 1.55. The van der Waals surface area contributed by atoms with Crippen LogP contribution in [0.15, 0.2) is 28.7 Å². The number of aliphatic carboxylic acids is 1. The molecule has 1 aromatic carbocycles. The van der Waals surface area contributed by atoms with Crippen LogP contribution in [0.4, 0.5) is 0 Å². The molecule has 0 bridgehead atoms. The molecule has 1 N–H and O–H groups in total. The highest BCUT2D eigenvalue weighted by Crippen LogP contribution is 2.17. The first-order valence-corrected chi connectivity index (χ1v) is 5.51. The van der Waals surface area contributed by atoms with Crippen LogP contribution in [0.1, 0.15) is 5.56 Å². The van der Waals surface area contributed by atoms with Crippen molar-refractivity contribution in [2.45, 2.75) is 12.7 Å². The van der Waals surface area contributed by atoms with Crippen LogP contribution in [-0.4, -0.2) is 30.9 Å². The van der Waals surface area contributed by atoms with Crippen molar-refractivity contribution in [3.8, 4) is 0 Å². The lowest BCUT2D eigenvalue weighted by Gasteiger charge is -2.13. The summed E-state index contributed by atoms with van der Waals surface area (Å²) >= 11 is 3.36. The highest BCUT2D eigenvalue weighted by atomic mass is 79.9. The summed E-state index contributed by atoms with van der Waals surface area (Å²) in [7, 11) is 1.44. The summed E-state index contributed by atoms with van der Waals surface area (Å²) in [6.07, 6.45) is -0.933. The van der Waals surface area contributed by atoms with Crippen molar-refractivity contribution in [1.82, 2.24) is 0 Å². The second-order valence-corrected chi connectivity index (χ2v) is 4.04. The monoisotopic (exact) mass is 288 g/mol. The Bertz CT molecular complexity index is 354. The van der Waals surface area contributed by atoms with E-state index in [4.69, 9.17) is 14.6 Å². The molecule has 1 atom stereocenters. The second kappa shape index (κ2) is 6.62. The first-order valence-electron chi connectivity index (χ1n) is 4.72. The molecule has 0 fully saturated rings. The molecular formula is C11H13BrO4. The van der Waals surface area contributed by atoms with Gasteiger partial charge in [0.2, 0.25) is 0 Å². The maximum absolute atomic E-state index is 10.8. The molecule has 0 aliphatic carbocycles. The maximum atomic E-state index is 10.8. The van der Waals surface area contributed by atoms with E-state index in [1.807, 2.05) is 24.3 Å². The first-order chi connectivity index (χ1) is 7.65. The van der Waals surface area contributed by atoms with Gasteiger partial charge in [-0.25, -0.2) is 4.79 Å². The van der Waals surface area contributed by atoms with E-state index in [1.54, 1.807) is 0 Å². The Morgan fingerprint density at radius 2 is 2.19 bits per heavy atom. The fraction of sp³-hybridized carbons (Fsp3) is 0.364. The third-order valence-electron chi connectivity index (χ3n) is 1.99. The van der Waals surface area contributed by atoms with E-state index in [9.17, 15) is 4.79 Å². The van der Waals surface area contributed by atoms with E-state index in [-0.39, 0.29) is 13.2 Å². The molecule has 16 heavy (non-hydrogen) atoms. The number of methoxy groups -OCH3 is 1. The van der Waals surface area contributed by atoms with E-state index in [2.05, 4.69) is 15.9 Å². The predicted octanol–water partition coefficient (Wildman–Crippen LogP) is 2.07. The molecule has 5 heteroatoms. The van der Waals surface area contributed by atoms with E-state index in [0.29, 0.717) is 0 Å². The Morgan fingerprint density at radius 3 is 2.75 bits per heavy atom. The van der Waals surface area contributed by atoms with Crippen molar-refractivity contribution in [2.24, 2.45) is 0 Å². The number of halogens is 1. The van der Waals surface area contributed by atoms with Crippen LogP contribution in [0.3, 0.4) is 0 Å². The van der Waals surface area contributed by atoms with Gasteiger partial charge in [-0.2, -0.15) is 0 Å². The van der Waals surface area contributed by atoms with Gasteiger partial charge in [-0.3, -0.25) is 0 Å². The lowest BCUT2D eigenvalue weighted by atomic mass is 10.2. The summed E-state index contributed by atoms with van der Waals surface area (Å²) < 4.78 is 10.9. The lowest BCUT2D eigenvalue weighted by Crippen LogP contribution is -2.28. The standard InChI is InChI=1S/C11H13BrO4/c1-15-7-10(11(13)14)16-6-8-4-2-3-5-9(8)12/h2-5,10H,6-7H2,1H3,(H,13,14). The zero-order valence-electron chi connectivity index (χ0n) is 8.85. The Balaban J connectivity index is 2.55. The number of benzene rings is 1. The highest BCUT2D eigenvalue weighted by Gasteiger charge is 2.17. The van der Waals surface area contributed by atoms with Crippen LogP contribution in [0.5, 0.6) is 0 Å². The molecule has 0 aromatic heterocycles. The zero-order chi connectivity index (χ0) is 12.0. The predicted molar refractivity (Wildman–Crippen MR) is 62.2 cm³/mol. The zero-order valence-corrected chi connectivity index (χ0v) is 10.4. The minimum Gasteiger partial charge on any atom is -0.479 e. The molecule has 0 aliphatic heterocycles. The van der Waals surface area contributed by atoms with E-state index < -0.39 is 12.1 Å². The molecule has 0 heterocycles. The largest absolute Gasteiger partial charge is 0.479 e. The maximum Gasteiger partial charge on any atom is 0.335 e. The van der Waals surface area contributed by atoms with Crippen LogP contribution in [0, 0.1) is 0 Å². The average molecular weight is 289 g/mol. The molecule has 1 aromatic rings. The molecule has 0 aliphatic rings. The van der Waals surface area contributed by atoms with E-state index in [1.165, 1.54) is 7.11 Å². The molecule has 0 radical (unpaired) electrons. The van der Waals surface area contributed by atoms with E-state index >= 15 is 0 Å². The van der Waals surface area contributed by atoms with Gasteiger partial charge in [-0.15, -0.1) is 0 Å². The van der Waals surface area contributed by atoms with Crippen molar-refractivity contribution in [1.29, 1.82) is 0 Å². The van der Waals surface area contributed by atoms with Crippen molar-refractivity contribution in [2.75, 3.05) is 13.7 Å². The van der Waals surface area contributed by atoms with Gasteiger partial charge in [0.15, 0.2) is 6.10 Å². The number of hydrogen-bond acceptors (Lipinski definition) is 3. The van der Waals surface area contributed by atoms with Crippen molar-refractivity contribution in [3.63, 3.8) is 0 Å². The molecule has 0 saturated heterocycles. The van der Waals surface area contributed by atoms with Crippen LogP contribution in [0.25, 0.3) is 0 Å². The molecule has 0 spiro atoms. The Labute approximate surface area is 102 Å². The molecule has 4 nitrogen and oxygen atoms in total. The van der Waals surface area contributed by atoms with Crippen molar-refractivity contribution in [3.05, 3.63) is 34.3 Å². The highest BCUT2D eigenvalue weighted by molar-refractivity contribution is 9.10. The number of ether oxygens (including phenoxy) is 2. The van der Waals surface area contributed by atoms with Crippen LogP contribution in [0.2, 0.25) is 0 Å². The SMILES string of the molecule is COCC(OCc1ccccc1Br)C(=O)O. The number of carboxylic acid groups (broad SMARTS) is 1. The van der Waals surface area contributed by atoms with E-state index in [0.717, 1.165) is 10.0 Å². The third kappa shape index (κ3) is 3.92. The lowest BCUT2D eigenvalue weighted by molar-refractivity contribution is -0.154. The quantitative estimate of drug-likeness (QED) is 0.871. The second-order valence-electron chi connectivity index (χ2n) is 3.18. The van der Waals surface area contributed by atoms with Crippen molar-refractivity contribution >= 4 is 21.9 Å². The molecule has 0 saturated carbocycles. The topological polar surface area (TPSA) is 55.8 Å². The smallest absolute Gasteiger partial charge is 0.335 e. The Morgan fingerprint density at radius 1 is 1.50 bits per heavy atom. The summed E-state index contributed by atoms with van der Waals surface area (Å²) in [6, 6.07) is 7.51. The van der Waals surface area contributed by atoms with Crippen LogP contribution >= 0.6 is 15.9 Å². The molecule has 1 unspecified atom stereocenters. The summed E-state index contributed by atoms with van der Waals surface area (Å²) in [5.41, 5.74) is 0.907. The summed E-state index contributed by atoms with van der Waals surface area (Å²) in [4.78, 5) is 10.8. The summed E-state index contributed by atoms with van der Waals surface area (Å²) in [5, 5.41) is 8.83. The minimum atomic E-state index is -1.02. The molecular weight excluding hydrogens is 276 g/mol. The van der Waals surface area contributed by atoms with Crippen molar-refractivity contribution < 1.29 is 19.4 Å². The molecule has 88 valence electrons. The van der Waals surface area contributed by atoms with Crippen LogP contribution < -0.4 is 0 Å². The Hall–Kier alpha value is -0.910. The number of rotatable bonds is 6. The van der Waals surface area contributed by atoms with Crippen LogP contribution in [-0.2, 0) is 20.9 Å². The number of carbonyl (C=O) groups is 1. The third-order valence-corrected chi connectivity index (χ3v) is 2.76. The van der Waals surface area contributed by atoms with Gasteiger partial charge in [0.25, 0.3) is 0 Å². The minimum absolute atomic E-state index is 0.0415.